The molecule has 1 amide bonds. The predicted molar refractivity (Wildman–Crippen MR) is 142 cm³/mol. The van der Waals surface area contributed by atoms with Gasteiger partial charge in [0, 0.05) is 53.7 Å². The molecule has 1 saturated heterocycles. The van der Waals surface area contributed by atoms with Gasteiger partial charge in [-0.25, -0.2) is 18.6 Å². The van der Waals surface area contributed by atoms with E-state index in [1.54, 1.807) is 20.1 Å². The molecule has 0 bridgehead atoms. The summed E-state index contributed by atoms with van der Waals surface area (Å²) in [6.45, 7) is 4.59. The van der Waals surface area contributed by atoms with E-state index < -0.39 is 29.3 Å². The first-order valence-electron chi connectivity index (χ1n) is 13.0. The topological polar surface area (TPSA) is 134 Å². The van der Waals surface area contributed by atoms with Gasteiger partial charge in [-0.15, -0.1) is 0 Å². The van der Waals surface area contributed by atoms with Gasteiger partial charge in [0.15, 0.2) is 5.69 Å². The molecule has 0 unspecified atom stereocenters. The maximum absolute atomic E-state index is 14.1. The van der Waals surface area contributed by atoms with Crippen LogP contribution in [0, 0.1) is 12.3 Å². The first-order valence-corrected chi connectivity index (χ1v) is 13.0. The number of rotatable bonds is 8. The summed E-state index contributed by atoms with van der Waals surface area (Å²) in [7, 11) is 1.62. The number of aromatic nitrogens is 2. The summed E-state index contributed by atoms with van der Waals surface area (Å²) in [5, 5.41) is 13.5. The fraction of sp³-hybridized carbons (Fsp3) is 0.464. The number of methoxy groups -OCH3 is 1. The molecule has 5 N–H and O–H groups in total. The second-order valence-electron chi connectivity index (χ2n) is 11.0. The molecule has 2 fully saturated rings. The molecule has 2 aromatic heterocycles. The molecule has 11 heteroatoms. The summed E-state index contributed by atoms with van der Waals surface area (Å²) in [6, 6.07) is 5.86. The third-order valence-electron chi connectivity index (χ3n) is 8.24. The number of hydrogen-bond acceptors (Lipinski definition) is 6. The lowest BCUT2D eigenvalue weighted by Crippen LogP contribution is -2.53. The molecule has 0 radical (unpaired) electrons. The van der Waals surface area contributed by atoms with Gasteiger partial charge in [0.2, 0.25) is 11.8 Å². The Bertz CT molecular complexity index is 1430. The smallest absolute Gasteiger partial charge is 0.354 e. The first-order chi connectivity index (χ1) is 18.4. The summed E-state index contributed by atoms with van der Waals surface area (Å²) in [6.07, 6.45) is 2.58. The quantitative estimate of drug-likeness (QED) is 0.327. The van der Waals surface area contributed by atoms with Crippen molar-refractivity contribution in [1.29, 1.82) is 0 Å². The molecule has 3 heterocycles. The number of anilines is 1. The Kier molecular flexibility index (Phi) is 6.74. The minimum Gasteiger partial charge on any atom is -0.496 e. The molecule has 1 saturated carbocycles. The van der Waals surface area contributed by atoms with Crippen molar-refractivity contribution in [2.45, 2.75) is 64.1 Å². The fourth-order valence-corrected chi connectivity index (χ4v) is 6.27. The maximum atomic E-state index is 14.1. The molecule has 39 heavy (non-hydrogen) atoms. The zero-order chi connectivity index (χ0) is 28.1. The third kappa shape index (κ3) is 5.03. The number of ether oxygens (including phenoxy) is 1. The van der Waals surface area contributed by atoms with Crippen molar-refractivity contribution in [2.24, 2.45) is 11.1 Å². The molecule has 2 aliphatic rings. The number of nitrogens with zero attached hydrogens (tertiary/aromatic N) is 2. The van der Waals surface area contributed by atoms with E-state index in [2.05, 4.69) is 20.2 Å². The average molecular weight is 542 g/mol. The maximum Gasteiger partial charge on any atom is 0.354 e. The number of hydrogen-bond donors (Lipinski definition) is 4. The van der Waals surface area contributed by atoms with Crippen LogP contribution in [0.5, 0.6) is 5.75 Å². The van der Waals surface area contributed by atoms with Crippen molar-refractivity contribution < 1.29 is 28.2 Å². The number of pyridine rings is 1. The van der Waals surface area contributed by atoms with Crippen molar-refractivity contribution in [1.82, 2.24) is 14.9 Å². The second kappa shape index (κ2) is 9.78. The highest BCUT2D eigenvalue weighted by atomic mass is 19.3. The Balaban J connectivity index is 1.58. The number of aromatic amines is 1. The molecule has 2 atom stereocenters. The van der Waals surface area contributed by atoms with E-state index in [1.165, 1.54) is 6.07 Å². The number of piperidine rings is 1. The lowest BCUT2D eigenvalue weighted by Gasteiger charge is -2.54. The predicted octanol–water partition coefficient (Wildman–Crippen LogP) is 4.62. The van der Waals surface area contributed by atoms with Gasteiger partial charge in [0.05, 0.1) is 7.11 Å². The Labute approximate surface area is 224 Å². The number of halogens is 2. The molecule has 9 nitrogen and oxygen atoms in total. The Morgan fingerprint density at radius 1 is 1.33 bits per heavy atom. The van der Waals surface area contributed by atoms with Crippen LogP contribution < -0.4 is 15.8 Å². The number of nitrogens with one attached hydrogen (secondary N) is 2. The number of H-pyrrole nitrogens is 1. The number of amides is 1. The van der Waals surface area contributed by atoms with Gasteiger partial charge in [0.1, 0.15) is 17.6 Å². The van der Waals surface area contributed by atoms with E-state index in [1.807, 2.05) is 25.3 Å². The zero-order valence-corrected chi connectivity index (χ0v) is 22.2. The summed E-state index contributed by atoms with van der Waals surface area (Å²) >= 11 is 0. The van der Waals surface area contributed by atoms with E-state index >= 15 is 0 Å². The van der Waals surface area contributed by atoms with Crippen LogP contribution in [0.4, 0.5) is 14.6 Å². The van der Waals surface area contributed by atoms with Crippen LogP contribution in [0.15, 0.2) is 30.5 Å². The summed E-state index contributed by atoms with van der Waals surface area (Å²) < 4.78 is 34.0. The Morgan fingerprint density at radius 2 is 2.08 bits per heavy atom. The van der Waals surface area contributed by atoms with Crippen LogP contribution in [0.1, 0.15) is 65.8 Å². The number of fused-ring (bicyclic) bond motifs is 1. The Morgan fingerprint density at radius 3 is 2.72 bits per heavy atom. The number of primary amides is 1. The summed E-state index contributed by atoms with van der Waals surface area (Å²) in [4.78, 5) is 33.3. The standard InChI is InChI=1S/C28H33F2N5O4/c1-15-10-22(39-3)19(17-6-8-32-23(15)17)12-35-9-7-27(13-28(29,30)14-27)11-21(35)18-4-5-20(26(37)38)34-25(18)33-16(2)24(31)36/h4-6,8,10,16,21,32H,7,9,11-14H2,1-3H3,(H2,31,36)(H,33,34)(H,37,38)/t16-,21-/m0/s1. The highest BCUT2D eigenvalue weighted by Crippen LogP contribution is 2.61. The first kappa shape index (κ1) is 26.9. The number of carbonyl (C=O) groups is 2. The highest BCUT2D eigenvalue weighted by Gasteiger charge is 2.58. The molecule has 1 aliphatic heterocycles. The van der Waals surface area contributed by atoms with Crippen molar-refractivity contribution in [3.63, 3.8) is 0 Å². The van der Waals surface area contributed by atoms with Crippen LogP contribution in [0.2, 0.25) is 0 Å². The van der Waals surface area contributed by atoms with Crippen molar-refractivity contribution >= 4 is 28.6 Å². The number of aromatic carboxylic acids is 1. The van der Waals surface area contributed by atoms with Gasteiger partial charge >= 0.3 is 5.97 Å². The molecule has 5 rings (SSSR count). The van der Waals surface area contributed by atoms with E-state index in [0.29, 0.717) is 31.5 Å². The number of carboxylic acid groups (broad SMARTS) is 1. The number of nitrogens with two attached hydrogens (primary N) is 1. The number of benzene rings is 1. The number of likely N-dealkylation sites (tertiary alicyclic amines) is 1. The van der Waals surface area contributed by atoms with E-state index in [0.717, 1.165) is 27.8 Å². The van der Waals surface area contributed by atoms with Crippen LogP contribution in [-0.4, -0.2) is 57.5 Å². The molecule has 1 aromatic carbocycles. The van der Waals surface area contributed by atoms with Crippen molar-refractivity contribution in [3.05, 3.63) is 52.8 Å². The lowest BCUT2D eigenvalue weighted by atomic mass is 9.59. The minimum absolute atomic E-state index is 0.179. The minimum atomic E-state index is -2.68. The Hall–Kier alpha value is -3.73. The van der Waals surface area contributed by atoms with E-state index in [-0.39, 0.29) is 30.4 Å². The molecular weight excluding hydrogens is 508 g/mol. The van der Waals surface area contributed by atoms with Gasteiger partial charge in [0.25, 0.3) is 0 Å². The van der Waals surface area contributed by atoms with Gasteiger partial charge in [-0.05, 0) is 62.4 Å². The van der Waals surface area contributed by atoms with Crippen molar-refractivity contribution in [2.75, 3.05) is 19.0 Å². The molecule has 1 spiro atoms. The van der Waals surface area contributed by atoms with Crippen LogP contribution in [-0.2, 0) is 11.3 Å². The van der Waals surface area contributed by atoms with Gasteiger partial charge < -0.3 is 25.9 Å². The zero-order valence-electron chi connectivity index (χ0n) is 22.2. The monoisotopic (exact) mass is 541 g/mol. The largest absolute Gasteiger partial charge is 0.496 e. The van der Waals surface area contributed by atoms with Gasteiger partial charge in [-0.1, -0.05) is 6.07 Å². The van der Waals surface area contributed by atoms with Gasteiger partial charge in [-0.3, -0.25) is 9.69 Å². The molecular formula is C28H33F2N5O4. The number of carbonyl (C=O) groups excluding carboxylic acids is 1. The molecule has 1 aliphatic carbocycles. The molecule has 3 aromatic rings. The number of carboxylic acids is 1. The van der Waals surface area contributed by atoms with Crippen LogP contribution in [0.3, 0.4) is 0 Å². The third-order valence-corrected chi connectivity index (χ3v) is 8.24. The lowest BCUT2D eigenvalue weighted by molar-refractivity contribution is -0.186. The number of aryl methyl sites for hydroxylation is 1. The average Bonchev–Trinajstić information content (AvgIpc) is 3.36. The second-order valence-corrected chi connectivity index (χ2v) is 11.0. The summed E-state index contributed by atoms with van der Waals surface area (Å²) in [5.41, 5.74) is 8.40. The van der Waals surface area contributed by atoms with E-state index in [9.17, 15) is 23.5 Å². The molecule has 208 valence electrons. The van der Waals surface area contributed by atoms with Crippen molar-refractivity contribution in [3.8, 4) is 5.75 Å². The van der Waals surface area contributed by atoms with E-state index in [4.69, 9.17) is 10.5 Å². The normalized spacial score (nSPS) is 20.9. The number of alkyl halides is 2. The van der Waals surface area contributed by atoms with Crippen LogP contribution in [0.25, 0.3) is 10.9 Å². The highest BCUT2D eigenvalue weighted by molar-refractivity contribution is 5.88. The van der Waals surface area contributed by atoms with Gasteiger partial charge in [-0.2, -0.15) is 0 Å². The SMILES string of the molecule is COc1cc(C)c2[nH]ccc2c1CN1CCC2(C[C@H]1c1ccc(C(=O)O)nc1N[C@@H](C)C(N)=O)CC(F)(F)C2. The fourth-order valence-electron chi connectivity index (χ4n) is 6.27. The van der Waals surface area contributed by atoms with Crippen LogP contribution >= 0.6 is 0 Å². The summed E-state index contributed by atoms with van der Waals surface area (Å²) in [5.74, 6) is -3.59.